The van der Waals surface area contributed by atoms with Gasteiger partial charge in [-0.1, -0.05) is 13.8 Å². The van der Waals surface area contributed by atoms with Gasteiger partial charge in [0.1, 0.15) is 5.78 Å². The molecule has 0 aromatic rings. The van der Waals surface area contributed by atoms with Crippen LogP contribution in [0.25, 0.3) is 0 Å². The summed E-state index contributed by atoms with van der Waals surface area (Å²) in [5.74, 6) is 1.73. The van der Waals surface area contributed by atoms with E-state index in [0.29, 0.717) is 17.6 Å². The Morgan fingerprint density at radius 3 is 2.44 bits per heavy atom. The Kier molecular flexibility index (Phi) is 2.69. The van der Waals surface area contributed by atoms with Crippen molar-refractivity contribution in [3.63, 3.8) is 0 Å². The summed E-state index contributed by atoms with van der Waals surface area (Å²) in [6.07, 6.45) is 4.54. The van der Waals surface area contributed by atoms with Gasteiger partial charge in [-0.2, -0.15) is 0 Å². The minimum atomic E-state index is -0.0861. The van der Waals surface area contributed by atoms with Gasteiger partial charge in [-0.05, 0) is 56.8 Å². The summed E-state index contributed by atoms with van der Waals surface area (Å²) >= 11 is 0. The number of Topliss-reactive ketones (excluding diaryl/α,β-unsaturated/α-hetero) is 1. The van der Waals surface area contributed by atoms with Crippen molar-refractivity contribution in [3.8, 4) is 0 Å². The fraction of sp³-hybridized carbons (Fsp3) is 0.929. The highest BCUT2D eigenvalue weighted by molar-refractivity contribution is 5.79. The van der Waals surface area contributed by atoms with Crippen LogP contribution in [-0.4, -0.2) is 11.3 Å². The molecule has 2 nitrogen and oxygen atoms in total. The molecule has 0 bridgehead atoms. The minimum absolute atomic E-state index is 0.0861. The molecule has 0 aromatic heterocycles. The smallest absolute Gasteiger partial charge is 0.133 e. The maximum absolute atomic E-state index is 11.8. The van der Waals surface area contributed by atoms with E-state index in [9.17, 15) is 4.79 Å². The second kappa shape index (κ2) is 3.56. The second-order valence-corrected chi connectivity index (χ2v) is 6.60. The maximum Gasteiger partial charge on any atom is 0.133 e. The summed E-state index contributed by atoms with van der Waals surface area (Å²) in [6.45, 7) is 8.51. The van der Waals surface area contributed by atoms with Gasteiger partial charge >= 0.3 is 0 Å². The van der Waals surface area contributed by atoms with Gasteiger partial charge in [0.15, 0.2) is 0 Å². The highest BCUT2D eigenvalue weighted by Gasteiger charge is 2.57. The van der Waals surface area contributed by atoms with Crippen LogP contribution in [0.1, 0.15) is 53.4 Å². The molecule has 0 heterocycles. The minimum Gasteiger partial charge on any atom is -0.325 e. The van der Waals surface area contributed by atoms with Crippen molar-refractivity contribution in [2.45, 2.75) is 58.9 Å². The molecular formula is C14H25NO. The van der Waals surface area contributed by atoms with E-state index >= 15 is 0 Å². The Bertz CT molecular complexity index is 310. The van der Waals surface area contributed by atoms with E-state index in [1.54, 1.807) is 6.92 Å². The lowest BCUT2D eigenvalue weighted by molar-refractivity contribution is -0.126. The van der Waals surface area contributed by atoms with E-state index in [1.807, 2.05) is 0 Å². The number of hydrogen-bond donors (Lipinski definition) is 1. The number of fused-ring (bicyclic) bond motifs is 1. The zero-order chi connectivity index (χ0) is 12.1. The zero-order valence-corrected chi connectivity index (χ0v) is 11.0. The van der Waals surface area contributed by atoms with Crippen LogP contribution in [0.4, 0.5) is 0 Å². The lowest BCUT2D eigenvalue weighted by atomic mass is 9.55. The molecule has 2 fully saturated rings. The lowest BCUT2D eigenvalue weighted by Gasteiger charge is -2.52. The molecule has 2 heteroatoms. The van der Waals surface area contributed by atoms with Crippen LogP contribution in [-0.2, 0) is 4.79 Å². The van der Waals surface area contributed by atoms with Crippen LogP contribution in [0.5, 0.6) is 0 Å². The summed E-state index contributed by atoms with van der Waals surface area (Å²) < 4.78 is 0. The fourth-order valence-electron chi connectivity index (χ4n) is 4.46. The zero-order valence-electron chi connectivity index (χ0n) is 11.0. The summed E-state index contributed by atoms with van der Waals surface area (Å²) in [6, 6.07) is 0. The van der Waals surface area contributed by atoms with E-state index in [0.717, 1.165) is 12.8 Å². The first-order chi connectivity index (χ1) is 7.30. The van der Waals surface area contributed by atoms with Crippen molar-refractivity contribution in [2.75, 3.05) is 0 Å². The average molecular weight is 223 g/mol. The first-order valence-corrected chi connectivity index (χ1v) is 6.59. The van der Waals surface area contributed by atoms with Crippen molar-refractivity contribution >= 4 is 5.78 Å². The normalized spacial score (nSPS) is 52.4. The van der Waals surface area contributed by atoms with Gasteiger partial charge in [0, 0.05) is 11.5 Å². The van der Waals surface area contributed by atoms with Crippen molar-refractivity contribution in [3.05, 3.63) is 0 Å². The molecule has 0 aromatic carbocycles. The van der Waals surface area contributed by atoms with Gasteiger partial charge < -0.3 is 5.73 Å². The van der Waals surface area contributed by atoms with Crippen LogP contribution >= 0.6 is 0 Å². The Morgan fingerprint density at radius 2 is 1.88 bits per heavy atom. The van der Waals surface area contributed by atoms with Crippen molar-refractivity contribution in [2.24, 2.45) is 28.9 Å². The van der Waals surface area contributed by atoms with E-state index in [-0.39, 0.29) is 16.9 Å². The molecule has 4 unspecified atom stereocenters. The molecule has 0 saturated heterocycles. The van der Waals surface area contributed by atoms with E-state index in [4.69, 9.17) is 5.73 Å². The van der Waals surface area contributed by atoms with Crippen LogP contribution in [0.3, 0.4) is 0 Å². The van der Waals surface area contributed by atoms with Crippen LogP contribution in [0.2, 0.25) is 0 Å². The number of rotatable bonds is 1. The van der Waals surface area contributed by atoms with Crippen molar-refractivity contribution in [1.29, 1.82) is 0 Å². The van der Waals surface area contributed by atoms with Crippen molar-refractivity contribution in [1.82, 2.24) is 0 Å². The molecule has 0 spiro atoms. The summed E-state index contributed by atoms with van der Waals surface area (Å²) in [7, 11) is 0. The largest absolute Gasteiger partial charge is 0.325 e. The van der Waals surface area contributed by atoms with Gasteiger partial charge in [-0.3, -0.25) is 4.79 Å². The number of carbonyl (C=O) groups is 1. The van der Waals surface area contributed by atoms with Gasteiger partial charge in [-0.25, -0.2) is 0 Å². The SMILES string of the molecule is CC(=O)C1CCC2C(C)(N)C(C)CC[C@]12C. The Balaban J connectivity index is 2.34. The third-order valence-corrected chi connectivity index (χ3v) is 5.76. The highest BCUT2D eigenvalue weighted by Crippen LogP contribution is 2.59. The average Bonchev–Trinajstić information content (AvgIpc) is 2.52. The molecule has 16 heavy (non-hydrogen) atoms. The van der Waals surface area contributed by atoms with Crippen LogP contribution in [0, 0.1) is 23.2 Å². The molecule has 2 rings (SSSR count). The first-order valence-electron chi connectivity index (χ1n) is 6.59. The highest BCUT2D eigenvalue weighted by atomic mass is 16.1. The Hall–Kier alpha value is -0.370. The quantitative estimate of drug-likeness (QED) is 0.742. The third-order valence-electron chi connectivity index (χ3n) is 5.76. The van der Waals surface area contributed by atoms with E-state index in [1.165, 1.54) is 12.8 Å². The molecule has 0 amide bonds. The lowest BCUT2D eigenvalue weighted by Crippen LogP contribution is -2.58. The van der Waals surface area contributed by atoms with Gasteiger partial charge in [0.25, 0.3) is 0 Å². The van der Waals surface area contributed by atoms with Crippen LogP contribution in [0.15, 0.2) is 0 Å². The Labute approximate surface area is 99.0 Å². The molecule has 2 saturated carbocycles. The number of hydrogen-bond acceptors (Lipinski definition) is 2. The van der Waals surface area contributed by atoms with Gasteiger partial charge in [-0.15, -0.1) is 0 Å². The molecule has 92 valence electrons. The number of carbonyl (C=O) groups excluding carboxylic acids is 1. The second-order valence-electron chi connectivity index (χ2n) is 6.60. The fourth-order valence-corrected chi connectivity index (χ4v) is 4.46. The topological polar surface area (TPSA) is 43.1 Å². The molecule has 2 aliphatic rings. The van der Waals surface area contributed by atoms with Crippen molar-refractivity contribution < 1.29 is 4.79 Å². The van der Waals surface area contributed by atoms with Gasteiger partial charge in [0.05, 0.1) is 0 Å². The number of ketones is 1. The Morgan fingerprint density at radius 1 is 1.25 bits per heavy atom. The molecular weight excluding hydrogens is 198 g/mol. The van der Waals surface area contributed by atoms with Gasteiger partial charge in [0.2, 0.25) is 0 Å². The number of nitrogens with two attached hydrogens (primary N) is 1. The third kappa shape index (κ3) is 1.46. The van der Waals surface area contributed by atoms with Crippen LogP contribution < -0.4 is 5.73 Å². The summed E-state index contributed by atoms with van der Waals surface area (Å²) in [5.41, 5.74) is 6.63. The molecule has 0 aliphatic heterocycles. The molecule has 2 N–H and O–H groups in total. The summed E-state index contributed by atoms with van der Waals surface area (Å²) in [4.78, 5) is 11.8. The summed E-state index contributed by atoms with van der Waals surface area (Å²) in [5, 5.41) is 0. The molecule has 5 atom stereocenters. The predicted molar refractivity (Wildman–Crippen MR) is 66.0 cm³/mol. The predicted octanol–water partition coefficient (Wildman–Crippen LogP) is 2.76. The van der Waals surface area contributed by atoms with E-state index in [2.05, 4.69) is 20.8 Å². The monoisotopic (exact) mass is 223 g/mol. The maximum atomic E-state index is 11.8. The standard InChI is InChI=1S/C14H25NO/c1-9-7-8-13(3)11(10(2)16)5-6-12(13)14(9,4)15/h9,11-12H,5-8,15H2,1-4H3/t9?,11?,12?,13-,14?/m1/s1. The molecule has 0 radical (unpaired) electrons. The first kappa shape index (κ1) is 12.1. The molecule has 2 aliphatic carbocycles. The van der Waals surface area contributed by atoms with E-state index < -0.39 is 0 Å².